The predicted molar refractivity (Wildman–Crippen MR) is 36.9 cm³/mol. The van der Waals surface area contributed by atoms with E-state index in [1.807, 2.05) is 20.2 Å². The summed E-state index contributed by atoms with van der Waals surface area (Å²) in [6.07, 6.45) is 0. The van der Waals surface area contributed by atoms with Crippen molar-refractivity contribution >= 4 is 7.81 Å². The van der Waals surface area contributed by atoms with E-state index in [0.29, 0.717) is 6.54 Å². The predicted octanol–water partition coefficient (Wildman–Crippen LogP) is 2.04. The van der Waals surface area contributed by atoms with E-state index in [-0.39, 0.29) is 0 Å². The third-order valence-corrected chi connectivity index (χ3v) is 0.433. The molecular weight excluding hydrogens is 221 g/mol. The zero-order valence-electron chi connectivity index (χ0n) is 6.87. The van der Waals surface area contributed by atoms with Gasteiger partial charge in [-0.3, -0.25) is 0 Å². The summed E-state index contributed by atoms with van der Waals surface area (Å²) in [5.74, 6) is 0. The Balaban J connectivity index is 0. The number of nitrogens with one attached hydrogen (secondary N) is 1. The van der Waals surface area contributed by atoms with Crippen LogP contribution in [0.5, 0.6) is 0 Å². The molecular formula is C4H9F6N2P. The molecule has 82 valence electrons. The van der Waals surface area contributed by atoms with Crippen LogP contribution in [-0.4, -0.2) is 20.6 Å². The van der Waals surface area contributed by atoms with Crippen molar-refractivity contribution in [3.8, 4) is 6.07 Å². The Morgan fingerprint density at radius 1 is 1.08 bits per heavy atom. The van der Waals surface area contributed by atoms with Gasteiger partial charge < -0.3 is 4.90 Å². The molecule has 0 radical (unpaired) electrons. The number of hydrogen-bond donors (Lipinski definition) is 1. The first kappa shape index (κ1) is 15.0. The molecule has 13 heavy (non-hydrogen) atoms. The molecule has 1 N–H and O–H groups in total. The molecule has 0 heterocycles. The second-order valence-corrected chi connectivity index (χ2v) is 4.42. The summed E-state index contributed by atoms with van der Waals surface area (Å²) >= 11 is 0. The van der Waals surface area contributed by atoms with Gasteiger partial charge in [-0.05, 0) is 0 Å². The molecule has 0 aliphatic heterocycles. The summed E-state index contributed by atoms with van der Waals surface area (Å²) in [6, 6.07) is 2.03. The van der Waals surface area contributed by atoms with Gasteiger partial charge in [-0.1, -0.05) is 0 Å². The van der Waals surface area contributed by atoms with Gasteiger partial charge in [0.05, 0.1) is 14.1 Å². The van der Waals surface area contributed by atoms with Gasteiger partial charge in [0, 0.05) is 0 Å². The van der Waals surface area contributed by atoms with Crippen molar-refractivity contribution in [3.63, 3.8) is 0 Å². The van der Waals surface area contributed by atoms with Crippen molar-refractivity contribution in [2.24, 2.45) is 0 Å². The quantitative estimate of drug-likeness (QED) is 0.416. The van der Waals surface area contributed by atoms with Gasteiger partial charge in [0.25, 0.3) is 0 Å². The van der Waals surface area contributed by atoms with Crippen LogP contribution in [0.4, 0.5) is 25.2 Å². The molecule has 0 aliphatic rings. The van der Waals surface area contributed by atoms with Crippen LogP contribution in [0.3, 0.4) is 0 Å². The molecule has 2 nitrogen and oxygen atoms in total. The Morgan fingerprint density at radius 3 is 1.31 bits per heavy atom. The zero-order chi connectivity index (χ0) is 11.4. The Labute approximate surface area is 71.0 Å². The number of nitriles is 1. The fourth-order valence-corrected chi connectivity index (χ4v) is 0.158. The zero-order valence-corrected chi connectivity index (χ0v) is 7.76. The van der Waals surface area contributed by atoms with Crippen LogP contribution in [-0.2, 0) is 0 Å². The van der Waals surface area contributed by atoms with Gasteiger partial charge in [-0.2, -0.15) is 5.26 Å². The minimum absolute atomic E-state index is 0.597. The first-order chi connectivity index (χ1) is 5.22. The normalized spacial score (nSPS) is 16.3. The maximum absolute atomic E-state index is 10.7. The van der Waals surface area contributed by atoms with E-state index in [2.05, 4.69) is 0 Å². The van der Waals surface area contributed by atoms with Crippen LogP contribution in [0.25, 0.3) is 0 Å². The molecule has 0 saturated heterocycles. The van der Waals surface area contributed by atoms with Gasteiger partial charge in [0.1, 0.15) is 6.07 Å². The topological polar surface area (TPSA) is 28.2 Å². The van der Waals surface area contributed by atoms with E-state index in [9.17, 15) is 25.2 Å². The molecule has 0 spiro atoms. The average Bonchev–Trinajstić information content (AvgIpc) is 1.53. The van der Waals surface area contributed by atoms with Crippen LogP contribution >= 0.6 is 7.81 Å². The summed E-state index contributed by atoms with van der Waals surface area (Å²) in [7, 11) is -6.76. The van der Waals surface area contributed by atoms with Crippen molar-refractivity contribution in [1.29, 1.82) is 5.26 Å². The van der Waals surface area contributed by atoms with Gasteiger partial charge in [0.2, 0.25) is 0 Å². The van der Waals surface area contributed by atoms with Gasteiger partial charge in [-0.15, -0.1) is 0 Å². The molecule has 0 atom stereocenters. The second kappa shape index (κ2) is 3.31. The van der Waals surface area contributed by atoms with Crippen LogP contribution in [0.15, 0.2) is 0 Å². The van der Waals surface area contributed by atoms with Crippen molar-refractivity contribution in [3.05, 3.63) is 0 Å². The summed E-state index contributed by atoms with van der Waals surface area (Å²) in [5.41, 5.74) is 0. The first-order valence-corrected chi connectivity index (χ1v) is 4.97. The van der Waals surface area contributed by atoms with Gasteiger partial charge >= 0.3 is 33.0 Å². The number of halogens is 6. The molecule has 0 aliphatic carbocycles. The minimum atomic E-state index is -10.7. The van der Waals surface area contributed by atoms with Gasteiger partial charge in [0.15, 0.2) is 6.54 Å². The number of quaternary nitrogens is 1. The van der Waals surface area contributed by atoms with Crippen molar-refractivity contribution in [2.75, 3.05) is 20.6 Å². The number of hydrogen-bond acceptors (Lipinski definition) is 1. The molecule has 0 bridgehead atoms. The van der Waals surface area contributed by atoms with Crippen LogP contribution in [0.1, 0.15) is 0 Å². The standard InChI is InChI=1S/C4H8N2.F6P/c1-6(2)4-3-5;1-7(2,3,4,5)6/h4H2,1-2H3;/q;-1/p+1. The Morgan fingerprint density at radius 2 is 1.31 bits per heavy atom. The summed E-state index contributed by atoms with van der Waals surface area (Å²) in [5, 5.41) is 7.97. The molecule has 0 aromatic carbocycles. The molecule has 0 fully saturated rings. The van der Waals surface area contributed by atoms with E-state index in [1.165, 1.54) is 4.90 Å². The fraction of sp³-hybridized carbons (Fsp3) is 0.750. The van der Waals surface area contributed by atoms with Crippen molar-refractivity contribution in [2.45, 2.75) is 0 Å². The van der Waals surface area contributed by atoms with Crippen LogP contribution < -0.4 is 4.90 Å². The molecule has 0 unspecified atom stereocenters. The second-order valence-electron chi connectivity index (χ2n) is 2.50. The average molecular weight is 230 g/mol. The molecule has 0 aromatic rings. The number of rotatable bonds is 1. The summed E-state index contributed by atoms with van der Waals surface area (Å²) in [6.45, 7) is 0.597. The first-order valence-electron chi connectivity index (χ1n) is 2.94. The summed E-state index contributed by atoms with van der Waals surface area (Å²) in [4.78, 5) is 1.18. The molecule has 0 saturated carbocycles. The molecule has 0 rings (SSSR count). The Bertz CT molecular complexity index is 185. The SMILES string of the molecule is C[NH+](C)CC#N.F[P-](F)(F)(F)(F)F. The van der Waals surface area contributed by atoms with Crippen LogP contribution in [0, 0.1) is 11.3 Å². The number of nitrogens with zero attached hydrogens (tertiary/aromatic N) is 1. The fourth-order valence-electron chi connectivity index (χ4n) is 0.158. The maximum atomic E-state index is 9.87. The Kier molecular flexibility index (Phi) is 3.81. The van der Waals surface area contributed by atoms with E-state index in [1.54, 1.807) is 0 Å². The van der Waals surface area contributed by atoms with Crippen molar-refractivity contribution in [1.82, 2.24) is 0 Å². The van der Waals surface area contributed by atoms with E-state index < -0.39 is 7.81 Å². The van der Waals surface area contributed by atoms with Crippen LogP contribution in [0.2, 0.25) is 0 Å². The molecule has 0 amide bonds. The van der Waals surface area contributed by atoms with E-state index >= 15 is 0 Å². The third kappa shape index (κ3) is 169. The van der Waals surface area contributed by atoms with E-state index in [4.69, 9.17) is 5.26 Å². The third-order valence-electron chi connectivity index (χ3n) is 0.433. The van der Waals surface area contributed by atoms with Gasteiger partial charge in [-0.25, -0.2) is 0 Å². The molecule has 0 aromatic heterocycles. The Hall–Kier alpha value is -0.540. The van der Waals surface area contributed by atoms with E-state index in [0.717, 1.165) is 0 Å². The summed E-state index contributed by atoms with van der Waals surface area (Å²) < 4.78 is 59.2. The monoisotopic (exact) mass is 230 g/mol. The molecule has 9 heteroatoms. The van der Waals surface area contributed by atoms with Crippen molar-refractivity contribution < 1.29 is 30.1 Å².